The fourth-order valence-electron chi connectivity index (χ4n) is 3.75. The van der Waals surface area contributed by atoms with Gasteiger partial charge in [-0.15, -0.1) is 0 Å². The maximum Gasteiger partial charge on any atom is 0.236 e. The van der Waals surface area contributed by atoms with Gasteiger partial charge in [0.25, 0.3) is 0 Å². The van der Waals surface area contributed by atoms with Crippen molar-refractivity contribution in [3.8, 4) is 0 Å². The average Bonchev–Trinajstić information content (AvgIpc) is 2.78. The molecule has 2 fully saturated rings. The third-order valence-electron chi connectivity index (χ3n) is 5.40. The summed E-state index contributed by atoms with van der Waals surface area (Å²) < 4.78 is 6.16. The summed E-state index contributed by atoms with van der Waals surface area (Å²) in [6.07, 6.45) is 1.43. The van der Waals surface area contributed by atoms with Gasteiger partial charge in [-0.05, 0) is 25.5 Å². The van der Waals surface area contributed by atoms with Crippen LogP contribution in [0.2, 0.25) is 0 Å². The minimum atomic E-state index is 0.176. The molecule has 2 aliphatic rings. The molecule has 1 amide bonds. The van der Waals surface area contributed by atoms with E-state index in [2.05, 4.69) is 41.0 Å². The number of likely N-dealkylation sites (tertiary alicyclic amines) is 1. The zero-order valence-electron chi connectivity index (χ0n) is 15.8. The number of fused-ring (bicyclic) bond motifs is 1. The lowest BCUT2D eigenvalue weighted by molar-refractivity contribution is -0.130. The van der Waals surface area contributed by atoms with Crippen molar-refractivity contribution >= 4 is 5.91 Å². The van der Waals surface area contributed by atoms with E-state index in [0.717, 1.165) is 45.8 Å². The van der Waals surface area contributed by atoms with E-state index >= 15 is 0 Å². The van der Waals surface area contributed by atoms with E-state index in [1.54, 1.807) is 4.90 Å². The molecule has 0 N–H and O–H groups in total. The first-order valence-electron chi connectivity index (χ1n) is 9.33. The van der Waals surface area contributed by atoms with Crippen LogP contribution in [0.1, 0.15) is 17.5 Å². The maximum absolute atomic E-state index is 12.0. The fraction of sp³-hybridized carbons (Fsp3) is 0.650. The molecule has 138 valence electrons. The number of nitrogens with zero attached hydrogens (tertiary/aromatic N) is 3. The highest BCUT2D eigenvalue weighted by Crippen LogP contribution is 2.25. The summed E-state index contributed by atoms with van der Waals surface area (Å²) in [5.41, 5.74) is 2.68. The Kier molecular flexibility index (Phi) is 6.10. The highest BCUT2D eigenvalue weighted by Gasteiger charge is 2.33. The molecule has 1 aromatic rings. The summed E-state index contributed by atoms with van der Waals surface area (Å²) in [5, 5.41) is 0. The van der Waals surface area contributed by atoms with Gasteiger partial charge in [0.05, 0.1) is 19.3 Å². The standard InChI is InChI=1S/C20H31N3O2/c1-16-4-6-17(7-5-16)12-22-9-8-18-13-23(15-20(24)21(2)3)10-11-25-19(18)14-22/h4-7,18-19H,8-15H2,1-3H3/t18-,19-/m1/s1. The molecule has 3 rings (SSSR count). The molecule has 25 heavy (non-hydrogen) atoms. The molecule has 0 aliphatic carbocycles. The fourth-order valence-corrected chi connectivity index (χ4v) is 3.75. The molecule has 0 aromatic heterocycles. The molecule has 2 aliphatic heterocycles. The van der Waals surface area contributed by atoms with Crippen LogP contribution < -0.4 is 0 Å². The molecule has 0 unspecified atom stereocenters. The van der Waals surface area contributed by atoms with Crippen LogP contribution in [0.3, 0.4) is 0 Å². The van der Waals surface area contributed by atoms with Gasteiger partial charge in [0.15, 0.2) is 0 Å². The topological polar surface area (TPSA) is 36.0 Å². The number of aryl methyl sites for hydroxylation is 1. The van der Waals surface area contributed by atoms with Gasteiger partial charge in [-0.3, -0.25) is 14.6 Å². The Morgan fingerprint density at radius 3 is 2.64 bits per heavy atom. The van der Waals surface area contributed by atoms with E-state index in [4.69, 9.17) is 4.74 Å². The second kappa shape index (κ2) is 8.30. The van der Waals surface area contributed by atoms with Gasteiger partial charge in [0.1, 0.15) is 0 Å². The largest absolute Gasteiger partial charge is 0.375 e. The Morgan fingerprint density at radius 2 is 1.92 bits per heavy atom. The van der Waals surface area contributed by atoms with Crippen molar-refractivity contribution in [2.24, 2.45) is 5.92 Å². The van der Waals surface area contributed by atoms with Crippen LogP contribution in [-0.4, -0.2) is 80.1 Å². The van der Waals surface area contributed by atoms with Crippen molar-refractivity contribution in [2.75, 3.05) is 53.4 Å². The van der Waals surface area contributed by atoms with Gasteiger partial charge in [-0.2, -0.15) is 0 Å². The number of hydrogen-bond acceptors (Lipinski definition) is 4. The van der Waals surface area contributed by atoms with E-state index < -0.39 is 0 Å². The number of amides is 1. The Balaban J connectivity index is 1.54. The van der Waals surface area contributed by atoms with E-state index in [1.807, 2.05) is 14.1 Å². The lowest BCUT2D eigenvalue weighted by atomic mass is 9.93. The minimum Gasteiger partial charge on any atom is -0.375 e. The van der Waals surface area contributed by atoms with Crippen LogP contribution in [0, 0.1) is 12.8 Å². The number of ether oxygens (including phenoxy) is 1. The lowest BCUT2D eigenvalue weighted by Gasteiger charge is -2.38. The number of piperidine rings is 1. The predicted molar refractivity (Wildman–Crippen MR) is 99.4 cm³/mol. The van der Waals surface area contributed by atoms with E-state index in [9.17, 15) is 4.79 Å². The van der Waals surface area contributed by atoms with Gasteiger partial charge in [-0.25, -0.2) is 0 Å². The van der Waals surface area contributed by atoms with Crippen LogP contribution in [-0.2, 0) is 16.1 Å². The van der Waals surface area contributed by atoms with E-state index in [-0.39, 0.29) is 5.91 Å². The van der Waals surface area contributed by atoms with Gasteiger partial charge < -0.3 is 9.64 Å². The third kappa shape index (κ3) is 5.03. The van der Waals surface area contributed by atoms with Crippen molar-refractivity contribution in [1.82, 2.24) is 14.7 Å². The highest BCUT2D eigenvalue weighted by molar-refractivity contribution is 5.77. The molecule has 1 aromatic carbocycles. The first kappa shape index (κ1) is 18.4. The molecule has 2 saturated heterocycles. The average molecular weight is 345 g/mol. The second-order valence-electron chi connectivity index (χ2n) is 7.70. The van der Waals surface area contributed by atoms with Gasteiger partial charge in [0, 0.05) is 46.2 Å². The summed E-state index contributed by atoms with van der Waals surface area (Å²) in [5.74, 6) is 0.710. The molecule has 0 saturated carbocycles. The first-order chi connectivity index (χ1) is 12.0. The van der Waals surface area contributed by atoms with Crippen molar-refractivity contribution < 1.29 is 9.53 Å². The van der Waals surface area contributed by atoms with E-state index in [1.165, 1.54) is 11.1 Å². The molecular weight excluding hydrogens is 314 g/mol. The first-order valence-corrected chi connectivity index (χ1v) is 9.33. The number of rotatable bonds is 4. The monoisotopic (exact) mass is 345 g/mol. The molecule has 0 spiro atoms. The van der Waals surface area contributed by atoms with Crippen LogP contribution >= 0.6 is 0 Å². The third-order valence-corrected chi connectivity index (χ3v) is 5.40. The summed E-state index contributed by atoms with van der Waals surface area (Å²) in [6.45, 7) is 8.28. The zero-order valence-corrected chi connectivity index (χ0v) is 15.8. The zero-order chi connectivity index (χ0) is 17.8. The van der Waals surface area contributed by atoms with Crippen LogP contribution in [0.4, 0.5) is 0 Å². The Bertz CT molecular complexity index is 573. The number of hydrogen-bond donors (Lipinski definition) is 0. The number of likely N-dealkylation sites (N-methyl/N-ethyl adjacent to an activating group) is 1. The number of carbonyl (C=O) groups excluding carboxylic acids is 1. The van der Waals surface area contributed by atoms with Crippen molar-refractivity contribution in [3.05, 3.63) is 35.4 Å². The van der Waals surface area contributed by atoms with Crippen molar-refractivity contribution in [2.45, 2.75) is 26.0 Å². The highest BCUT2D eigenvalue weighted by atomic mass is 16.5. The molecule has 2 heterocycles. The number of carbonyl (C=O) groups is 1. The number of benzene rings is 1. The molecule has 0 bridgehead atoms. The van der Waals surface area contributed by atoms with Crippen LogP contribution in [0.25, 0.3) is 0 Å². The van der Waals surface area contributed by atoms with Crippen molar-refractivity contribution in [1.29, 1.82) is 0 Å². The van der Waals surface area contributed by atoms with Crippen LogP contribution in [0.5, 0.6) is 0 Å². The smallest absolute Gasteiger partial charge is 0.236 e. The molecule has 2 atom stereocenters. The van der Waals surface area contributed by atoms with Gasteiger partial charge in [-0.1, -0.05) is 29.8 Å². The maximum atomic E-state index is 12.0. The minimum absolute atomic E-state index is 0.176. The van der Waals surface area contributed by atoms with Crippen LogP contribution in [0.15, 0.2) is 24.3 Å². The molecule has 0 radical (unpaired) electrons. The van der Waals surface area contributed by atoms with E-state index in [0.29, 0.717) is 18.6 Å². The molecule has 5 heteroatoms. The summed E-state index contributed by atoms with van der Waals surface area (Å²) in [4.78, 5) is 18.4. The normalized spacial score (nSPS) is 25.2. The Morgan fingerprint density at radius 1 is 1.16 bits per heavy atom. The van der Waals surface area contributed by atoms with Gasteiger partial charge in [0.2, 0.25) is 5.91 Å². The quantitative estimate of drug-likeness (QED) is 0.831. The Hall–Kier alpha value is -1.43. The lowest BCUT2D eigenvalue weighted by Crippen LogP contribution is -2.47. The van der Waals surface area contributed by atoms with Gasteiger partial charge >= 0.3 is 0 Å². The second-order valence-corrected chi connectivity index (χ2v) is 7.70. The SMILES string of the molecule is Cc1ccc(CN2CC[C@@H]3CN(CC(=O)N(C)C)CCO[C@@H]3C2)cc1. The summed E-state index contributed by atoms with van der Waals surface area (Å²) >= 11 is 0. The molecular formula is C20H31N3O2. The predicted octanol–water partition coefficient (Wildman–Crippen LogP) is 1.61. The summed E-state index contributed by atoms with van der Waals surface area (Å²) in [6, 6.07) is 8.82. The van der Waals surface area contributed by atoms with Crippen molar-refractivity contribution in [3.63, 3.8) is 0 Å². The Labute approximate surface area is 151 Å². The molecule has 5 nitrogen and oxygen atoms in total. The summed E-state index contributed by atoms with van der Waals surface area (Å²) in [7, 11) is 3.64.